The van der Waals surface area contributed by atoms with Crippen LogP contribution in [0.25, 0.3) is 0 Å². The van der Waals surface area contributed by atoms with Crippen LogP contribution in [0.5, 0.6) is 0 Å². The first-order chi connectivity index (χ1) is 13.3. The monoisotopic (exact) mass is 391 g/mol. The van der Waals surface area contributed by atoms with E-state index in [0.29, 0.717) is 5.56 Å². The van der Waals surface area contributed by atoms with E-state index in [1.807, 2.05) is 0 Å². The summed E-state index contributed by atoms with van der Waals surface area (Å²) < 4.78 is 5.91. The minimum Gasteiger partial charge on any atom is -0.481 e. The molecule has 0 aliphatic carbocycles. The van der Waals surface area contributed by atoms with Gasteiger partial charge in [-0.2, -0.15) is 0 Å². The average Bonchev–Trinajstić information content (AvgIpc) is 3.06. The van der Waals surface area contributed by atoms with Gasteiger partial charge in [-0.1, -0.05) is 30.3 Å². The zero-order chi connectivity index (χ0) is 20.5. The van der Waals surface area contributed by atoms with Crippen molar-refractivity contribution in [2.75, 3.05) is 0 Å². The van der Waals surface area contributed by atoms with Gasteiger partial charge in [0.15, 0.2) is 11.6 Å². The highest BCUT2D eigenvalue weighted by Gasteiger charge is 2.26. The lowest BCUT2D eigenvalue weighted by atomic mass is 10.1. The highest BCUT2D eigenvalue weighted by molar-refractivity contribution is 5.90. The number of hydrogen-bond acceptors (Lipinski definition) is 8. The Morgan fingerprint density at radius 3 is 2.46 bits per heavy atom. The van der Waals surface area contributed by atoms with Crippen molar-refractivity contribution in [3.05, 3.63) is 41.7 Å². The lowest BCUT2D eigenvalue weighted by Gasteiger charge is -2.16. The maximum absolute atomic E-state index is 12.4. The number of amides is 1. The normalized spacial score (nSPS) is 11.4. The Bertz CT molecular complexity index is 852. The second-order valence-corrected chi connectivity index (χ2v) is 5.65. The van der Waals surface area contributed by atoms with Crippen molar-refractivity contribution in [3.63, 3.8) is 0 Å². The molecule has 0 spiro atoms. The molecule has 148 valence electrons. The first kappa shape index (κ1) is 20.5. The molecule has 2 rings (SSSR count). The van der Waals surface area contributed by atoms with Crippen molar-refractivity contribution in [1.29, 1.82) is 0 Å². The highest BCUT2D eigenvalue weighted by Crippen LogP contribution is 2.04. The van der Waals surface area contributed by atoms with Gasteiger partial charge in [-0.3, -0.25) is 14.4 Å². The van der Waals surface area contributed by atoms with Crippen molar-refractivity contribution in [2.24, 2.45) is 0 Å². The number of aromatic nitrogens is 4. The molecule has 0 saturated heterocycles. The number of ether oxygens (including phenoxy) is 1. The van der Waals surface area contributed by atoms with Gasteiger partial charge in [0.05, 0.1) is 6.42 Å². The van der Waals surface area contributed by atoms with Gasteiger partial charge in [0, 0.05) is 0 Å². The minimum absolute atomic E-state index is 0.0591. The topological polar surface area (TPSA) is 174 Å². The van der Waals surface area contributed by atoms with Crippen molar-refractivity contribution in [2.45, 2.75) is 32.0 Å². The van der Waals surface area contributed by atoms with Crippen LogP contribution in [0, 0.1) is 0 Å². The van der Waals surface area contributed by atoms with E-state index in [2.05, 4.69) is 20.8 Å². The Kier molecular flexibility index (Phi) is 7.13. The molecule has 0 saturated carbocycles. The molecule has 0 aliphatic rings. The maximum Gasteiger partial charge on any atom is 0.408 e. The number of nitrogens with one attached hydrogen (secondary N) is 1. The van der Waals surface area contributed by atoms with Crippen LogP contribution in [0.15, 0.2) is 30.3 Å². The Morgan fingerprint density at radius 2 is 1.82 bits per heavy atom. The van der Waals surface area contributed by atoms with Crippen LogP contribution in [0.2, 0.25) is 0 Å². The van der Waals surface area contributed by atoms with Crippen LogP contribution in [0.3, 0.4) is 0 Å². The number of hydrogen-bond donors (Lipinski definition) is 3. The molecule has 1 unspecified atom stereocenters. The predicted octanol–water partition coefficient (Wildman–Crippen LogP) is -0.361. The third-order valence-corrected chi connectivity index (χ3v) is 3.49. The average molecular weight is 391 g/mol. The lowest BCUT2D eigenvalue weighted by molar-refractivity contribution is -0.139. The molecule has 1 aromatic carbocycles. The number of rotatable bonds is 10. The maximum atomic E-state index is 12.4. The molecule has 1 heterocycles. The number of benzene rings is 1. The molecule has 0 aliphatic heterocycles. The summed E-state index contributed by atoms with van der Waals surface area (Å²) >= 11 is 0. The van der Waals surface area contributed by atoms with E-state index in [0.717, 1.165) is 4.68 Å². The van der Waals surface area contributed by atoms with Crippen LogP contribution >= 0.6 is 0 Å². The molecule has 2 aromatic rings. The van der Waals surface area contributed by atoms with Crippen LogP contribution in [-0.4, -0.2) is 60.3 Å². The Balaban J connectivity index is 1.98. The van der Waals surface area contributed by atoms with E-state index in [4.69, 9.17) is 14.9 Å². The first-order valence-electron chi connectivity index (χ1n) is 8.03. The summed E-state index contributed by atoms with van der Waals surface area (Å²) in [6.07, 6.45) is -2.17. The van der Waals surface area contributed by atoms with Crippen LogP contribution in [0.1, 0.15) is 17.8 Å². The number of ketones is 1. The third-order valence-electron chi connectivity index (χ3n) is 3.49. The number of aliphatic carboxylic acids is 2. The number of carbonyl (C=O) groups is 4. The van der Waals surface area contributed by atoms with E-state index in [-0.39, 0.29) is 12.4 Å². The van der Waals surface area contributed by atoms with E-state index in [1.54, 1.807) is 30.3 Å². The van der Waals surface area contributed by atoms with E-state index < -0.39 is 49.2 Å². The van der Waals surface area contributed by atoms with Crippen molar-refractivity contribution < 1.29 is 34.1 Å². The zero-order valence-electron chi connectivity index (χ0n) is 14.5. The quantitative estimate of drug-likeness (QED) is 0.485. The molecule has 12 nitrogen and oxygen atoms in total. The van der Waals surface area contributed by atoms with Gasteiger partial charge in [0.2, 0.25) is 0 Å². The minimum atomic E-state index is -1.40. The number of carboxylic acid groups (broad SMARTS) is 2. The van der Waals surface area contributed by atoms with Crippen LogP contribution in [0.4, 0.5) is 4.79 Å². The second kappa shape index (κ2) is 9.75. The Hall–Kier alpha value is -3.83. The predicted molar refractivity (Wildman–Crippen MR) is 90.0 cm³/mol. The number of carboxylic acids is 2. The van der Waals surface area contributed by atoms with Crippen molar-refractivity contribution in [3.8, 4) is 0 Å². The summed E-state index contributed by atoms with van der Waals surface area (Å²) in [6, 6.07) is 7.37. The Morgan fingerprint density at radius 1 is 1.11 bits per heavy atom. The number of Topliss-reactive ketones (excluding diaryl/α,β-unsaturated/α-hetero) is 1. The summed E-state index contributed by atoms with van der Waals surface area (Å²) in [6.45, 7) is -0.567. The molecule has 0 radical (unpaired) electrons. The van der Waals surface area contributed by atoms with Gasteiger partial charge >= 0.3 is 18.0 Å². The molecule has 3 N–H and O–H groups in total. The summed E-state index contributed by atoms with van der Waals surface area (Å²) in [4.78, 5) is 46.1. The van der Waals surface area contributed by atoms with Crippen molar-refractivity contribution >= 4 is 23.8 Å². The SMILES string of the molecule is O=C(O)Cc1nnnn1CC(=O)C(CC(=O)O)NC(=O)OCc1ccccc1. The summed E-state index contributed by atoms with van der Waals surface area (Å²) in [5.74, 6) is -3.32. The smallest absolute Gasteiger partial charge is 0.408 e. The van der Waals surface area contributed by atoms with Gasteiger partial charge in [0.25, 0.3) is 0 Å². The fraction of sp³-hybridized carbons (Fsp3) is 0.312. The molecule has 28 heavy (non-hydrogen) atoms. The van der Waals surface area contributed by atoms with Gasteiger partial charge in [0.1, 0.15) is 25.6 Å². The number of tetrazole rings is 1. The molecule has 1 aromatic heterocycles. The second-order valence-electron chi connectivity index (χ2n) is 5.65. The lowest BCUT2D eigenvalue weighted by Crippen LogP contribution is -2.44. The number of nitrogens with zero attached hydrogens (tertiary/aromatic N) is 4. The van der Waals surface area contributed by atoms with Crippen molar-refractivity contribution in [1.82, 2.24) is 25.5 Å². The zero-order valence-corrected chi connectivity index (χ0v) is 14.5. The molecule has 0 fully saturated rings. The highest BCUT2D eigenvalue weighted by atomic mass is 16.5. The summed E-state index contributed by atoms with van der Waals surface area (Å²) in [5.41, 5.74) is 0.714. The summed E-state index contributed by atoms with van der Waals surface area (Å²) in [7, 11) is 0. The molecule has 1 amide bonds. The van der Waals surface area contributed by atoms with Crippen LogP contribution in [-0.2, 0) is 38.7 Å². The van der Waals surface area contributed by atoms with E-state index in [1.165, 1.54) is 0 Å². The summed E-state index contributed by atoms with van der Waals surface area (Å²) in [5, 5.41) is 30.3. The molecular formula is C16H17N5O7. The fourth-order valence-corrected chi connectivity index (χ4v) is 2.19. The van der Waals surface area contributed by atoms with Gasteiger partial charge in [-0.05, 0) is 16.0 Å². The molecule has 12 heteroatoms. The number of alkyl carbamates (subject to hydrolysis) is 1. The third kappa shape index (κ3) is 6.48. The van der Waals surface area contributed by atoms with E-state index in [9.17, 15) is 19.2 Å². The van der Waals surface area contributed by atoms with Gasteiger partial charge < -0.3 is 20.3 Å². The molecule has 1 atom stereocenters. The largest absolute Gasteiger partial charge is 0.481 e. The van der Waals surface area contributed by atoms with Gasteiger partial charge in [-0.15, -0.1) is 5.10 Å². The fourth-order valence-electron chi connectivity index (χ4n) is 2.19. The van der Waals surface area contributed by atoms with Gasteiger partial charge in [-0.25, -0.2) is 9.48 Å². The molecular weight excluding hydrogens is 374 g/mol. The molecule has 0 bridgehead atoms. The standard InChI is InChI=1S/C16H17N5O7/c22-12(8-21-13(7-15(25)26)18-19-20-21)11(6-14(23)24)17-16(27)28-9-10-4-2-1-3-5-10/h1-5,11H,6-9H2,(H,17,27)(H,23,24)(H,25,26). The number of carbonyl (C=O) groups excluding carboxylic acids is 2. The van der Waals surface area contributed by atoms with E-state index >= 15 is 0 Å². The Labute approximate surface area is 158 Å². The first-order valence-corrected chi connectivity index (χ1v) is 8.03. The van der Waals surface area contributed by atoms with Crippen LogP contribution < -0.4 is 5.32 Å².